The third-order valence-corrected chi connectivity index (χ3v) is 15.2. The number of aromatic nitrogens is 1. The highest BCUT2D eigenvalue weighted by Crippen LogP contribution is 2.49. The molecule has 12 aromatic rings. The van der Waals surface area contributed by atoms with Crippen LogP contribution in [0.15, 0.2) is 243 Å². The summed E-state index contributed by atoms with van der Waals surface area (Å²) in [7, 11) is 0. The maximum absolute atomic E-state index is 6.58. The number of nitrogens with zero attached hydrogens (tertiary/aromatic N) is 3. The summed E-state index contributed by atoms with van der Waals surface area (Å²) >= 11 is 0. The zero-order valence-electron chi connectivity index (χ0n) is 38.8. The van der Waals surface area contributed by atoms with Gasteiger partial charge in [-0.05, 0) is 170 Å². The van der Waals surface area contributed by atoms with Crippen molar-refractivity contribution in [2.75, 3.05) is 9.80 Å². The van der Waals surface area contributed by atoms with Crippen LogP contribution in [0.3, 0.4) is 0 Å². The predicted molar refractivity (Wildman–Crippen MR) is 297 cm³/mol. The molecule has 72 heavy (non-hydrogen) atoms. The Kier molecular flexibility index (Phi) is 8.19. The fourth-order valence-corrected chi connectivity index (χ4v) is 12.1. The van der Waals surface area contributed by atoms with Gasteiger partial charge in [-0.3, -0.25) is 0 Å². The Hall–Kier alpha value is -9.52. The van der Waals surface area contributed by atoms with Crippen molar-refractivity contribution in [2.24, 2.45) is 0 Å². The molecule has 0 unspecified atom stereocenters. The lowest BCUT2D eigenvalue weighted by molar-refractivity contribution is 0.483. The molecule has 16 bridgehead atoms. The molecule has 5 nitrogen and oxygen atoms in total. The van der Waals surface area contributed by atoms with Crippen LogP contribution in [0.4, 0.5) is 34.1 Å². The number of hydrogen-bond donors (Lipinski definition) is 0. The van der Waals surface area contributed by atoms with E-state index in [-0.39, 0.29) is 6.71 Å². The summed E-state index contributed by atoms with van der Waals surface area (Å²) in [6.45, 7) is -0.107. The molecule has 0 spiro atoms. The molecule has 0 radical (unpaired) electrons. The number of para-hydroxylation sites is 2. The number of anilines is 6. The van der Waals surface area contributed by atoms with Crippen LogP contribution in [-0.2, 0) is 0 Å². The summed E-state index contributed by atoms with van der Waals surface area (Å²) in [6.07, 6.45) is 0. The molecule has 4 aliphatic rings. The van der Waals surface area contributed by atoms with Crippen molar-refractivity contribution >= 4 is 79.0 Å². The molecule has 0 fully saturated rings. The zero-order chi connectivity index (χ0) is 47.0. The lowest BCUT2D eigenvalue weighted by Gasteiger charge is -2.45. The van der Waals surface area contributed by atoms with E-state index >= 15 is 0 Å². The largest absolute Gasteiger partial charge is 0.457 e. The van der Waals surface area contributed by atoms with Gasteiger partial charge in [0, 0.05) is 44.9 Å². The Labute approximate surface area is 416 Å². The molecule has 0 N–H and O–H groups in total. The minimum atomic E-state index is -0.107. The van der Waals surface area contributed by atoms with Crippen LogP contribution in [0, 0.1) is 0 Å². The highest BCUT2D eigenvalue weighted by molar-refractivity contribution is 7.00. The molecular formula is C66H40BN3O2. The molecule has 0 aliphatic carbocycles. The zero-order valence-corrected chi connectivity index (χ0v) is 38.8. The van der Waals surface area contributed by atoms with Crippen LogP contribution in [0.1, 0.15) is 0 Å². The van der Waals surface area contributed by atoms with E-state index in [1.807, 2.05) is 24.3 Å². The first-order chi connectivity index (χ1) is 35.6. The van der Waals surface area contributed by atoms with Gasteiger partial charge in [-0.25, -0.2) is 0 Å². The van der Waals surface area contributed by atoms with Gasteiger partial charge in [-0.15, -0.1) is 0 Å². The molecule has 0 atom stereocenters. The summed E-state index contributed by atoms with van der Waals surface area (Å²) < 4.78 is 15.6. The van der Waals surface area contributed by atoms with Gasteiger partial charge in [0.2, 0.25) is 0 Å². The van der Waals surface area contributed by atoms with Crippen molar-refractivity contribution < 1.29 is 9.47 Å². The van der Waals surface area contributed by atoms with Gasteiger partial charge < -0.3 is 23.8 Å². The van der Waals surface area contributed by atoms with Gasteiger partial charge in [0.25, 0.3) is 6.71 Å². The fourth-order valence-electron chi connectivity index (χ4n) is 12.1. The minimum absolute atomic E-state index is 0.107. The molecule has 11 aromatic carbocycles. The van der Waals surface area contributed by atoms with E-state index in [2.05, 4.69) is 233 Å². The van der Waals surface area contributed by atoms with E-state index in [0.717, 1.165) is 118 Å². The molecule has 4 aliphatic heterocycles. The Morgan fingerprint density at radius 2 is 0.653 bits per heavy atom. The second-order valence-electron chi connectivity index (χ2n) is 19.3. The van der Waals surface area contributed by atoms with Gasteiger partial charge in [-0.1, -0.05) is 133 Å². The maximum Gasteiger partial charge on any atom is 0.252 e. The van der Waals surface area contributed by atoms with Crippen molar-refractivity contribution in [3.8, 4) is 73.2 Å². The molecule has 0 saturated heterocycles. The molecule has 16 rings (SSSR count). The molecule has 5 heterocycles. The van der Waals surface area contributed by atoms with E-state index < -0.39 is 0 Å². The third-order valence-electron chi connectivity index (χ3n) is 15.2. The second-order valence-corrected chi connectivity index (χ2v) is 19.3. The number of hydrogen-bond acceptors (Lipinski definition) is 4. The van der Waals surface area contributed by atoms with Crippen molar-refractivity contribution in [3.63, 3.8) is 0 Å². The number of rotatable bonds is 1. The monoisotopic (exact) mass is 917 g/mol. The SMILES string of the molecule is c1cc2cc(c1)-c1cccc(c1)N1c3cc(ccc3B3c4ccc5cc4N(c4cccc(c4)-c4cccc(c4)Oc4cccc-5c4)c4cc(-n5c6ccccc6c6ccccc65)cc1c43)-c1cccc(c1)O2. The molecule has 0 saturated carbocycles. The lowest BCUT2D eigenvalue weighted by Crippen LogP contribution is -2.61. The van der Waals surface area contributed by atoms with Crippen LogP contribution in [0.5, 0.6) is 23.0 Å². The van der Waals surface area contributed by atoms with Gasteiger partial charge in [0.05, 0.1) is 16.7 Å². The summed E-state index contributed by atoms with van der Waals surface area (Å²) in [5, 5.41) is 2.45. The van der Waals surface area contributed by atoms with Crippen LogP contribution in [-0.4, -0.2) is 11.3 Å². The molecular weight excluding hydrogens is 878 g/mol. The summed E-state index contributed by atoms with van der Waals surface area (Å²) in [4.78, 5) is 5.09. The van der Waals surface area contributed by atoms with Gasteiger partial charge in [-0.2, -0.15) is 0 Å². The Balaban J connectivity index is 1.05. The van der Waals surface area contributed by atoms with Gasteiger partial charge in [0.1, 0.15) is 23.0 Å². The van der Waals surface area contributed by atoms with Crippen LogP contribution in [0.2, 0.25) is 0 Å². The third kappa shape index (κ3) is 5.90. The van der Waals surface area contributed by atoms with E-state index in [0.29, 0.717) is 0 Å². The lowest BCUT2D eigenvalue weighted by atomic mass is 9.33. The van der Waals surface area contributed by atoms with Gasteiger partial charge >= 0.3 is 0 Å². The number of ether oxygens (including phenoxy) is 2. The predicted octanol–water partition coefficient (Wildman–Crippen LogP) is 15.7. The van der Waals surface area contributed by atoms with Crippen molar-refractivity contribution in [2.45, 2.75) is 0 Å². The van der Waals surface area contributed by atoms with E-state index in [4.69, 9.17) is 9.47 Å². The average Bonchev–Trinajstić information content (AvgIpc) is 3.77. The van der Waals surface area contributed by atoms with Gasteiger partial charge in [0.15, 0.2) is 0 Å². The highest BCUT2D eigenvalue weighted by Gasteiger charge is 2.44. The number of benzene rings is 11. The Morgan fingerprint density at radius 3 is 1.08 bits per heavy atom. The standard InChI is InChI=1S/C66H40BN3O2/c1-3-25-60-56(23-1)57-24-2-4-26-61(57)70(60)51-39-64-66-65(40-51)69-50-18-6-12-42(32-50)44-14-8-20-53(34-44)72-55-22-10-16-46(36-55)48-28-30-59(63(69)38-48)67(66)58-29-27-47-37-62(58)68(64)49-17-5-11-41(31-49)43-13-7-19-52(33-43)71-54-21-9-15-45(47)35-54/h1-40H. The van der Waals surface area contributed by atoms with Crippen molar-refractivity contribution in [3.05, 3.63) is 243 Å². The van der Waals surface area contributed by atoms with E-state index in [1.54, 1.807) is 0 Å². The smallest absolute Gasteiger partial charge is 0.252 e. The van der Waals surface area contributed by atoms with E-state index in [1.165, 1.54) is 27.2 Å². The Morgan fingerprint density at radius 1 is 0.278 bits per heavy atom. The second kappa shape index (κ2) is 15.0. The van der Waals surface area contributed by atoms with Crippen LogP contribution in [0.25, 0.3) is 72.0 Å². The van der Waals surface area contributed by atoms with Crippen molar-refractivity contribution in [1.82, 2.24) is 4.57 Å². The minimum Gasteiger partial charge on any atom is -0.457 e. The first-order valence-corrected chi connectivity index (χ1v) is 24.7. The Bertz CT molecular complexity index is 4020. The first kappa shape index (κ1) is 39.3. The topological polar surface area (TPSA) is 29.9 Å². The summed E-state index contributed by atoms with van der Waals surface area (Å²) in [6, 6.07) is 88.7. The molecule has 1 aromatic heterocycles. The van der Waals surface area contributed by atoms with Crippen LogP contribution >= 0.6 is 0 Å². The molecule has 6 heteroatoms. The normalized spacial score (nSPS) is 13.1. The molecule has 0 amide bonds. The molecule has 334 valence electrons. The average molecular weight is 918 g/mol. The maximum atomic E-state index is 6.58. The first-order valence-electron chi connectivity index (χ1n) is 24.7. The van der Waals surface area contributed by atoms with E-state index in [9.17, 15) is 0 Å². The fraction of sp³-hybridized carbons (Fsp3) is 0. The van der Waals surface area contributed by atoms with Crippen molar-refractivity contribution in [1.29, 1.82) is 0 Å². The summed E-state index contributed by atoms with van der Waals surface area (Å²) in [5.74, 6) is 3.20. The summed E-state index contributed by atoms with van der Waals surface area (Å²) in [5.41, 5.74) is 22.7. The van der Waals surface area contributed by atoms with Crippen LogP contribution < -0.4 is 35.7 Å². The highest BCUT2D eigenvalue weighted by atomic mass is 16.5. The quantitative estimate of drug-likeness (QED) is 0.154. The number of fused-ring (bicyclic) bond motifs is 27.